The number of aryl methyl sites for hydroxylation is 2. The Morgan fingerprint density at radius 2 is 1.60 bits per heavy atom. The number of nitrogens with one attached hydrogen (secondary N) is 1. The summed E-state index contributed by atoms with van der Waals surface area (Å²) in [4.78, 5) is 12.5. The molecule has 0 aliphatic carbocycles. The molecule has 0 saturated heterocycles. The molecule has 0 bridgehead atoms. The highest BCUT2D eigenvalue weighted by atomic mass is 35.5. The van der Waals surface area contributed by atoms with Crippen molar-refractivity contribution in [2.24, 2.45) is 0 Å². The first kappa shape index (κ1) is 24.3. The van der Waals surface area contributed by atoms with Gasteiger partial charge < -0.3 is 10.1 Å². The van der Waals surface area contributed by atoms with E-state index in [0.717, 1.165) is 15.8 Å². The number of nitrogens with zero attached hydrogens (tertiary/aromatic N) is 4. The minimum Gasteiger partial charge on any atom is -0.471 e. The van der Waals surface area contributed by atoms with Crippen molar-refractivity contribution in [2.45, 2.75) is 27.1 Å². The maximum atomic E-state index is 13.9. The molecular formula is C23H18ClF4N5O2. The number of carbonyl (C=O) groups is 1. The van der Waals surface area contributed by atoms with E-state index in [1.165, 1.54) is 23.0 Å². The predicted molar refractivity (Wildman–Crippen MR) is 119 cm³/mol. The van der Waals surface area contributed by atoms with Crippen LogP contribution in [0.2, 0.25) is 5.02 Å². The van der Waals surface area contributed by atoms with Gasteiger partial charge in [0, 0.05) is 29.5 Å². The number of benzene rings is 2. The Morgan fingerprint density at radius 1 is 0.971 bits per heavy atom. The van der Waals surface area contributed by atoms with Crippen molar-refractivity contribution in [3.63, 3.8) is 0 Å². The van der Waals surface area contributed by atoms with E-state index in [-0.39, 0.29) is 24.3 Å². The molecule has 2 aromatic heterocycles. The van der Waals surface area contributed by atoms with E-state index in [9.17, 15) is 22.4 Å². The van der Waals surface area contributed by atoms with Crippen LogP contribution in [0.5, 0.6) is 5.75 Å². The number of hydrogen-bond donors (Lipinski definition) is 1. The average molecular weight is 508 g/mol. The number of carbonyl (C=O) groups excluding carboxylic acids is 1. The molecular weight excluding hydrogens is 490 g/mol. The van der Waals surface area contributed by atoms with Crippen LogP contribution >= 0.6 is 11.6 Å². The van der Waals surface area contributed by atoms with Gasteiger partial charge in [0.15, 0.2) is 41.5 Å². The Kier molecular flexibility index (Phi) is 6.79. The second-order valence-corrected chi connectivity index (χ2v) is 8.06. The van der Waals surface area contributed by atoms with Gasteiger partial charge >= 0.3 is 0 Å². The van der Waals surface area contributed by atoms with Crippen LogP contribution in [-0.2, 0) is 13.3 Å². The van der Waals surface area contributed by atoms with E-state index in [0.29, 0.717) is 10.8 Å². The van der Waals surface area contributed by atoms with Gasteiger partial charge in [-0.3, -0.25) is 9.48 Å². The summed E-state index contributed by atoms with van der Waals surface area (Å²) < 4.78 is 62.7. The predicted octanol–water partition coefficient (Wildman–Crippen LogP) is 5.24. The van der Waals surface area contributed by atoms with Gasteiger partial charge in [-0.15, -0.1) is 0 Å². The van der Waals surface area contributed by atoms with Gasteiger partial charge in [-0.05, 0) is 43.2 Å². The SMILES string of the molecule is Cc1cc(OCn2ccc(C(=O)Nc3ccn(Cc4c(F)c(F)cc(F)c4F)n3)n2)cc(C)c1Cl. The molecule has 7 nitrogen and oxygen atoms in total. The molecule has 2 aromatic carbocycles. The summed E-state index contributed by atoms with van der Waals surface area (Å²) in [5.41, 5.74) is 0.980. The van der Waals surface area contributed by atoms with E-state index in [2.05, 4.69) is 15.5 Å². The van der Waals surface area contributed by atoms with Crippen LogP contribution in [0.3, 0.4) is 0 Å². The molecule has 0 atom stereocenters. The minimum absolute atomic E-state index is 0.0454. The highest BCUT2D eigenvalue weighted by Crippen LogP contribution is 2.26. The molecule has 0 aliphatic rings. The maximum absolute atomic E-state index is 13.9. The summed E-state index contributed by atoms with van der Waals surface area (Å²) in [5.74, 6) is -6.00. The molecule has 0 fully saturated rings. The van der Waals surface area contributed by atoms with Gasteiger partial charge in [-0.25, -0.2) is 22.2 Å². The minimum atomic E-state index is -1.51. The molecule has 0 saturated carbocycles. The first-order valence-electron chi connectivity index (χ1n) is 10.2. The van der Waals surface area contributed by atoms with E-state index < -0.39 is 41.3 Å². The third kappa shape index (κ3) is 5.29. The van der Waals surface area contributed by atoms with E-state index in [1.54, 1.807) is 18.3 Å². The normalized spacial score (nSPS) is 11.1. The van der Waals surface area contributed by atoms with E-state index in [1.807, 2.05) is 13.8 Å². The molecule has 35 heavy (non-hydrogen) atoms. The number of halogens is 5. The molecule has 4 rings (SSSR count). The third-order valence-corrected chi connectivity index (χ3v) is 5.65. The fraction of sp³-hybridized carbons (Fsp3) is 0.174. The largest absolute Gasteiger partial charge is 0.471 e. The van der Waals surface area contributed by atoms with Gasteiger partial charge in [0.25, 0.3) is 5.91 Å². The van der Waals surface area contributed by atoms with E-state index in [4.69, 9.17) is 16.3 Å². The highest BCUT2D eigenvalue weighted by molar-refractivity contribution is 6.32. The molecule has 0 unspecified atom stereocenters. The van der Waals surface area contributed by atoms with Gasteiger partial charge in [0.1, 0.15) is 5.75 Å². The Labute approximate surface area is 201 Å². The smallest absolute Gasteiger partial charge is 0.277 e. The molecule has 0 aliphatic heterocycles. The van der Waals surface area contributed by atoms with Crippen LogP contribution in [0.1, 0.15) is 27.2 Å². The third-order valence-electron chi connectivity index (χ3n) is 5.05. The second-order valence-electron chi connectivity index (χ2n) is 7.68. The van der Waals surface area contributed by atoms with Gasteiger partial charge in [-0.2, -0.15) is 10.2 Å². The monoisotopic (exact) mass is 507 g/mol. The van der Waals surface area contributed by atoms with Crippen LogP contribution < -0.4 is 10.1 Å². The molecule has 0 spiro atoms. The lowest BCUT2D eigenvalue weighted by molar-refractivity contribution is 0.101. The first-order chi connectivity index (χ1) is 16.6. The van der Waals surface area contributed by atoms with Crippen molar-refractivity contribution in [3.05, 3.63) is 93.4 Å². The van der Waals surface area contributed by atoms with Crippen molar-refractivity contribution in [3.8, 4) is 5.75 Å². The summed E-state index contributed by atoms with van der Waals surface area (Å²) >= 11 is 6.15. The zero-order valence-corrected chi connectivity index (χ0v) is 19.2. The lowest BCUT2D eigenvalue weighted by Gasteiger charge is -2.10. The lowest BCUT2D eigenvalue weighted by Crippen LogP contribution is -2.15. The molecule has 182 valence electrons. The van der Waals surface area contributed by atoms with Crippen LogP contribution in [0.15, 0.2) is 42.7 Å². The lowest BCUT2D eigenvalue weighted by atomic mass is 10.1. The molecule has 1 amide bonds. The quantitative estimate of drug-likeness (QED) is 0.274. The molecule has 0 radical (unpaired) electrons. The zero-order valence-electron chi connectivity index (χ0n) is 18.5. The van der Waals surface area contributed by atoms with Crippen molar-refractivity contribution >= 4 is 23.3 Å². The summed E-state index contributed by atoms with van der Waals surface area (Å²) in [7, 11) is 0. The maximum Gasteiger partial charge on any atom is 0.277 e. The van der Waals surface area contributed by atoms with E-state index >= 15 is 0 Å². The number of ether oxygens (including phenoxy) is 1. The molecule has 12 heteroatoms. The average Bonchev–Trinajstić information content (AvgIpc) is 3.47. The molecule has 4 aromatic rings. The van der Waals surface area contributed by atoms with Crippen LogP contribution in [0.4, 0.5) is 23.4 Å². The van der Waals surface area contributed by atoms with Gasteiger partial charge in [0.2, 0.25) is 0 Å². The van der Waals surface area contributed by atoms with Gasteiger partial charge in [0.05, 0.1) is 12.1 Å². The topological polar surface area (TPSA) is 74.0 Å². The zero-order chi connectivity index (χ0) is 25.3. The number of hydrogen-bond acceptors (Lipinski definition) is 4. The fourth-order valence-electron chi connectivity index (χ4n) is 3.31. The standard InChI is InChI=1S/C23H18ClF4N5O2/c1-12-7-14(8-13(2)20(12)24)35-11-33-5-3-18(30-33)23(34)29-19-4-6-32(31-19)10-15-21(27)16(25)9-17(26)22(15)28/h3-9H,10-11H2,1-2H3,(H,29,31,34). The van der Waals surface area contributed by atoms with Crippen molar-refractivity contribution < 1.29 is 27.1 Å². The fourth-order valence-corrected chi connectivity index (χ4v) is 3.41. The Morgan fingerprint density at radius 3 is 2.26 bits per heavy atom. The Balaban J connectivity index is 1.38. The van der Waals surface area contributed by atoms with Crippen molar-refractivity contribution in [1.82, 2.24) is 19.6 Å². The molecule has 2 heterocycles. The number of anilines is 1. The second kappa shape index (κ2) is 9.79. The van der Waals surface area contributed by atoms with Crippen LogP contribution in [-0.4, -0.2) is 25.5 Å². The van der Waals surface area contributed by atoms with Gasteiger partial charge in [-0.1, -0.05) is 11.6 Å². The highest BCUT2D eigenvalue weighted by Gasteiger charge is 2.20. The Bertz CT molecular complexity index is 1370. The summed E-state index contributed by atoms with van der Waals surface area (Å²) in [6, 6.07) is 6.53. The number of amides is 1. The summed E-state index contributed by atoms with van der Waals surface area (Å²) in [6.07, 6.45) is 2.84. The first-order valence-corrected chi connectivity index (χ1v) is 10.6. The Hall–Kier alpha value is -3.86. The van der Waals surface area contributed by atoms with Crippen LogP contribution in [0, 0.1) is 37.1 Å². The van der Waals surface area contributed by atoms with Crippen molar-refractivity contribution in [2.75, 3.05) is 5.32 Å². The summed E-state index contributed by atoms with van der Waals surface area (Å²) in [6.45, 7) is 3.19. The van der Waals surface area contributed by atoms with Crippen molar-refractivity contribution in [1.29, 1.82) is 0 Å². The number of aromatic nitrogens is 4. The molecule has 1 N–H and O–H groups in total. The summed E-state index contributed by atoms with van der Waals surface area (Å²) in [5, 5.41) is 11.2. The number of rotatable bonds is 7. The van der Waals surface area contributed by atoms with Crippen LogP contribution in [0.25, 0.3) is 0 Å².